The van der Waals surface area contributed by atoms with E-state index in [0.29, 0.717) is 5.75 Å². The topological polar surface area (TPSA) is 23.5 Å². The molecule has 1 rings (SSSR count). The van der Waals surface area contributed by atoms with Crippen LogP contribution in [-0.4, -0.2) is 18.2 Å². The third-order valence-corrected chi connectivity index (χ3v) is 3.04. The number of phenols is 1. The van der Waals surface area contributed by atoms with Crippen molar-refractivity contribution in [3.63, 3.8) is 0 Å². The maximum atomic E-state index is 10.1. The van der Waals surface area contributed by atoms with Gasteiger partial charge >= 0.3 is 0 Å². The van der Waals surface area contributed by atoms with Crippen molar-refractivity contribution < 1.29 is 5.11 Å². The van der Waals surface area contributed by atoms with Gasteiger partial charge in [0.15, 0.2) is 0 Å². The summed E-state index contributed by atoms with van der Waals surface area (Å²) in [6.45, 7) is 8.34. The van der Waals surface area contributed by atoms with Crippen LogP contribution in [0.3, 0.4) is 0 Å². The maximum Gasteiger partial charge on any atom is 0.141 e. The van der Waals surface area contributed by atoms with Gasteiger partial charge in [-0.2, -0.15) is 0 Å². The lowest BCUT2D eigenvalue weighted by Gasteiger charge is -2.25. The van der Waals surface area contributed by atoms with Crippen molar-refractivity contribution in [1.82, 2.24) is 0 Å². The number of benzene rings is 1. The number of hydrogen-bond donors (Lipinski definition) is 1. The molecule has 0 atom stereocenters. The fraction of sp³-hybridized carbons (Fsp3) is 0.600. The molecule has 95 valence electrons. The fourth-order valence-electron chi connectivity index (χ4n) is 1.88. The number of aryl methyl sites for hydroxylation is 1. The minimum atomic E-state index is 0.413. The molecule has 0 bridgehead atoms. The Labute approximate surface area is 105 Å². The summed E-state index contributed by atoms with van der Waals surface area (Å²) >= 11 is 0. The third kappa shape index (κ3) is 3.95. The van der Waals surface area contributed by atoms with Crippen LogP contribution in [-0.2, 0) is 0 Å². The van der Waals surface area contributed by atoms with Crippen LogP contribution in [0.2, 0.25) is 0 Å². The largest absolute Gasteiger partial charge is 0.505 e. The summed E-state index contributed by atoms with van der Waals surface area (Å²) < 4.78 is 0. The number of unbranched alkanes of at least 4 members (excludes halogenated alkanes) is 2. The van der Waals surface area contributed by atoms with Gasteiger partial charge in [-0.1, -0.05) is 26.7 Å². The molecular formula is C15H24NO. The molecule has 0 unspecified atom stereocenters. The van der Waals surface area contributed by atoms with Gasteiger partial charge in [-0.15, -0.1) is 0 Å². The Morgan fingerprint density at radius 1 is 1.12 bits per heavy atom. The molecule has 1 aromatic carbocycles. The molecule has 17 heavy (non-hydrogen) atoms. The van der Waals surface area contributed by atoms with Crippen LogP contribution in [0.5, 0.6) is 5.75 Å². The molecule has 0 fully saturated rings. The van der Waals surface area contributed by atoms with Crippen molar-refractivity contribution in [2.75, 3.05) is 18.0 Å². The standard InChI is InChI=1S/C15H24NO/c1-4-6-11-16(12-7-5-2)14-10-8-9-13(3)15(14)17/h9-10,17H,4-7,11-12H2,1-3H3. The Kier molecular flexibility index (Phi) is 5.88. The van der Waals surface area contributed by atoms with Crippen molar-refractivity contribution in [3.8, 4) is 5.75 Å². The highest BCUT2D eigenvalue weighted by atomic mass is 16.3. The quantitative estimate of drug-likeness (QED) is 0.773. The molecule has 0 aromatic heterocycles. The smallest absolute Gasteiger partial charge is 0.141 e. The second-order valence-electron chi connectivity index (χ2n) is 4.57. The van der Waals surface area contributed by atoms with Gasteiger partial charge in [0.25, 0.3) is 0 Å². The summed E-state index contributed by atoms with van der Waals surface area (Å²) in [5, 5.41) is 10.1. The molecule has 2 heteroatoms. The van der Waals surface area contributed by atoms with Crippen LogP contribution in [0.4, 0.5) is 5.69 Å². The van der Waals surface area contributed by atoms with E-state index in [1.165, 1.54) is 12.8 Å². The molecule has 0 saturated carbocycles. The molecule has 0 saturated heterocycles. The lowest BCUT2D eigenvalue weighted by atomic mass is 10.1. The van der Waals surface area contributed by atoms with Gasteiger partial charge in [0.05, 0.1) is 5.69 Å². The first-order chi connectivity index (χ1) is 8.20. The predicted molar refractivity (Wildman–Crippen MR) is 73.7 cm³/mol. The SMILES string of the molecule is CCCCN(CCCC)c1c[c]cc(C)c1O. The first kappa shape index (κ1) is 13.9. The first-order valence-corrected chi connectivity index (χ1v) is 6.65. The van der Waals surface area contributed by atoms with Crippen molar-refractivity contribution >= 4 is 5.69 Å². The zero-order valence-corrected chi connectivity index (χ0v) is 11.3. The minimum Gasteiger partial charge on any atom is -0.505 e. The molecule has 1 N–H and O–H groups in total. The third-order valence-electron chi connectivity index (χ3n) is 3.04. The summed E-state index contributed by atoms with van der Waals surface area (Å²) in [6.07, 6.45) is 4.69. The number of nitrogens with zero attached hydrogens (tertiary/aromatic N) is 1. The molecule has 1 radical (unpaired) electrons. The molecule has 0 spiro atoms. The molecular weight excluding hydrogens is 210 g/mol. The van der Waals surface area contributed by atoms with Gasteiger partial charge in [-0.05, 0) is 43.5 Å². The number of aromatic hydroxyl groups is 1. The molecule has 0 amide bonds. The average Bonchev–Trinajstić information content (AvgIpc) is 2.34. The van der Waals surface area contributed by atoms with Crippen molar-refractivity contribution in [2.24, 2.45) is 0 Å². The van der Waals surface area contributed by atoms with Gasteiger partial charge in [-0.3, -0.25) is 0 Å². The molecule has 0 heterocycles. The van der Waals surface area contributed by atoms with E-state index in [1.807, 2.05) is 19.1 Å². The van der Waals surface area contributed by atoms with E-state index in [2.05, 4.69) is 24.8 Å². The van der Waals surface area contributed by atoms with Gasteiger partial charge in [0.2, 0.25) is 0 Å². The van der Waals surface area contributed by atoms with E-state index in [0.717, 1.165) is 37.2 Å². The van der Waals surface area contributed by atoms with Gasteiger partial charge in [0, 0.05) is 13.1 Å². The second kappa shape index (κ2) is 7.21. The van der Waals surface area contributed by atoms with Crippen LogP contribution in [0.1, 0.15) is 45.1 Å². The van der Waals surface area contributed by atoms with Crippen LogP contribution < -0.4 is 4.90 Å². The highest BCUT2D eigenvalue weighted by molar-refractivity contribution is 5.60. The Morgan fingerprint density at radius 2 is 1.71 bits per heavy atom. The summed E-state index contributed by atoms with van der Waals surface area (Å²) in [5.41, 5.74) is 1.84. The zero-order valence-electron chi connectivity index (χ0n) is 11.3. The summed E-state index contributed by atoms with van der Waals surface area (Å²) in [5.74, 6) is 0.413. The van der Waals surface area contributed by atoms with E-state index < -0.39 is 0 Å². The van der Waals surface area contributed by atoms with Crippen LogP contribution in [0.15, 0.2) is 12.1 Å². The Hall–Kier alpha value is -1.18. The number of phenolic OH excluding ortho intramolecular Hbond substituents is 1. The van der Waals surface area contributed by atoms with Crippen molar-refractivity contribution in [3.05, 3.63) is 23.8 Å². The highest BCUT2D eigenvalue weighted by Crippen LogP contribution is 2.30. The fourth-order valence-corrected chi connectivity index (χ4v) is 1.88. The maximum absolute atomic E-state index is 10.1. The number of hydrogen-bond acceptors (Lipinski definition) is 2. The molecule has 2 nitrogen and oxygen atoms in total. The molecule has 1 aromatic rings. The summed E-state index contributed by atoms with van der Waals surface area (Å²) in [7, 11) is 0. The number of anilines is 1. The lowest BCUT2D eigenvalue weighted by molar-refractivity contribution is 0.468. The van der Waals surface area contributed by atoms with Crippen LogP contribution in [0.25, 0.3) is 0 Å². The molecule has 0 aliphatic rings. The minimum absolute atomic E-state index is 0.413. The van der Waals surface area contributed by atoms with E-state index in [1.54, 1.807) is 0 Å². The predicted octanol–water partition coefficient (Wildman–Crippen LogP) is 3.91. The van der Waals surface area contributed by atoms with E-state index in [9.17, 15) is 5.11 Å². The van der Waals surface area contributed by atoms with Crippen molar-refractivity contribution in [1.29, 1.82) is 0 Å². The second-order valence-corrected chi connectivity index (χ2v) is 4.57. The lowest BCUT2D eigenvalue weighted by Crippen LogP contribution is -2.25. The Bertz CT molecular complexity index is 328. The highest BCUT2D eigenvalue weighted by Gasteiger charge is 2.11. The molecule has 0 aliphatic carbocycles. The summed E-state index contributed by atoms with van der Waals surface area (Å²) in [4.78, 5) is 2.28. The number of rotatable bonds is 7. The van der Waals surface area contributed by atoms with E-state index >= 15 is 0 Å². The normalized spacial score (nSPS) is 10.5. The van der Waals surface area contributed by atoms with E-state index in [-0.39, 0.29) is 0 Å². The Balaban J connectivity index is 2.83. The van der Waals surface area contributed by atoms with Crippen molar-refractivity contribution in [2.45, 2.75) is 46.5 Å². The molecule has 0 aliphatic heterocycles. The Morgan fingerprint density at radius 3 is 2.24 bits per heavy atom. The van der Waals surface area contributed by atoms with E-state index in [4.69, 9.17) is 0 Å². The van der Waals surface area contributed by atoms with Gasteiger partial charge in [-0.25, -0.2) is 0 Å². The zero-order chi connectivity index (χ0) is 12.7. The van der Waals surface area contributed by atoms with Gasteiger partial charge in [0.1, 0.15) is 5.75 Å². The van der Waals surface area contributed by atoms with Crippen LogP contribution in [0, 0.1) is 13.0 Å². The average molecular weight is 234 g/mol. The monoisotopic (exact) mass is 234 g/mol. The first-order valence-electron chi connectivity index (χ1n) is 6.65. The van der Waals surface area contributed by atoms with Gasteiger partial charge < -0.3 is 10.0 Å². The summed E-state index contributed by atoms with van der Waals surface area (Å²) in [6, 6.07) is 6.83. The van der Waals surface area contributed by atoms with Crippen LogP contribution >= 0.6 is 0 Å².